The molecule has 0 amide bonds. The molecule has 0 aliphatic carbocycles. The van der Waals surface area contributed by atoms with Gasteiger partial charge in [-0.25, -0.2) is 9.98 Å². The Hall–Kier alpha value is -0.970. The van der Waals surface area contributed by atoms with Crippen molar-refractivity contribution in [3.63, 3.8) is 0 Å². The highest BCUT2D eigenvalue weighted by atomic mass is 32.1. The van der Waals surface area contributed by atoms with Gasteiger partial charge < -0.3 is 5.32 Å². The maximum absolute atomic E-state index is 4.56. The molecule has 2 heterocycles. The van der Waals surface area contributed by atoms with Gasteiger partial charge in [-0.1, -0.05) is 51.8 Å². The lowest BCUT2D eigenvalue weighted by Crippen LogP contribution is -2.42. The zero-order valence-electron chi connectivity index (χ0n) is 11.0. The molecule has 0 aromatic carbocycles. The molecule has 0 saturated carbocycles. The third-order valence-electron chi connectivity index (χ3n) is 3.47. The van der Waals surface area contributed by atoms with Crippen molar-refractivity contribution in [2.24, 2.45) is 9.98 Å². The molecule has 1 N–H and O–H groups in total. The first-order valence-electron chi connectivity index (χ1n) is 6.82. The third-order valence-corrected chi connectivity index (χ3v) is 3.69. The number of nitrogens with zero attached hydrogens (tertiary/aromatic N) is 3. The van der Waals surface area contributed by atoms with E-state index in [9.17, 15) is 0 Å². The fourth-order valence-corrected chi connectivity index (χ4v) is 2.54. The van der Waals surface area contributed by atoms with Gasteiger partial charge >= 0.3 is 0 Å². The molecule has 1 unspecified atom stereocenters. The zero-order valence-corrected chi connectivity index (χ0v) is 11.9. The molecule has 0 bridgehead atoms. The molecule has 1 atom stereocenters. The topological polar surface area (TPSA) is 40.0 Å². The normalized spacial score (nSPS) is 25.0. The third kappa shape index (κ3) is 3.07. The van der Waals surface area contributed by atoms with Crippen LogP contribution < -0.4 is 5.32 Å². The standard InChI is InChI=1S/C13H22N4S/c1-2-3-4-5-6-7-8-13-12(14-10-15-13)9-17(18)11-16-13/h9-11,18H,2-8H2,1H3,(H,14,15). The lowest BCUT2D eigenvalue weighted by molar-refractivity contribution is 0.410. The van der Waals surface area contributed by atoms with Gasteiger partial charge in [-0.05, 0) is 12.8 Å². The highest BCUT2D eigenvalue weighted by Crippen LogP contribution is 2.32. The van der Waals surface area contributed by atoms with Gasteiger partial charge in [0.2, 0.25) is 0 Å². The lowest BCUT2D eigenvalue weighted by Gasteiger charge is -2.29. The van der Waals surface area contributed by atoms with Gasteiger partial charge in [-0.3, -0.25) is 4.31 Å². The Morgan fingerprint density at radius 3 is 2.89 bits per heavy atom. The SMILES string of the molecule is CCCCCCCCC12N=CN(S)C=C1N=CN2. The van der Waals surface area contributed by atoms with Gasteiger partial charge in [0.25, 0.3) is 0 Å². The number of fused-ring (bicyclic) bond motifs is 1. The molecule has 0 spiro atoms. The van der Waals surface area contributed by atoms with E-state index in [-0.39, 0.29) is 5.66 Å². The summed E-state index contributed by atoms with van der Waals surface area (Å²) in [5, 5.41) is 3.28. The minimum absolute atomic E-state index is 0.315. The van der Waals surface area contributed by atoms with E-state index < -0.39 is 0 Å². The van der Waals surface area contributed by atoms with Crippen molar-refractivity contribution in [3.8, 4) is 0 Å². The zero-order chi connectivity index (χ0) is 12.8. The van der Waals surface area contributed by atoms with Crippen molar-refractivity contribution in [2.75, 3.05) is 0 Å². The summed E-state index contributed by atoms with van der Waals surface area (Å²) >= 11 is 4.23. The van der Waals surface area contributed by atoms with Gasteiger partial charge in [0.15, 0.2) is 5.66 Å². The summed E-state index contributed by atoms with van der Waals surface area (Å²) in [6.45, 7) is 2.25. The van der Waals surface area contributed by atoms with Crippen molar-refractivity contribution in [2.45, 2.75) is 57.5 Å². The second-order valence-electron chi connectivity index (χ2n) is 4.92. The molecule has 0 fully saturated rings. The molecular formula is C13H22N4S. The van der Waals surface area contributed by atoms with Crippen LogP contribution in [0.3, 0.4) is 0 Å². The van der Waals surface area contributed by atoms with Crippen molar-refractivity contribution in [3.05, 3.63) is 11.9 Å². The summed E-state index contributed by atoms with van der Waals surface area (Å²) < 4.78 is 1.65. The maximum atomic E-state index is 4.56. The fraction of sp³-hybridized carbons (Fsp3) is 0.692. The van der Waals surface area contributed by atoms with E-state index in [1.165, 1.54) is 38.5 Å². The number of aliphatic imine (C=N–C) groups is 2. The van der Waals surface area contributed by atoms with Crippen LogP contribution in [0.15, 0.2) is 21.9 Å². The molecule has 0 radical (unpaired) electrons. The Morgan fingerprint density at radius 1 is 1.28 bits per heavy atom. The van der Waals surface area contributed by atoms with Gasteiger partial charge in [0.05, 0.1) is 6.34 Å². The molecule has 5 heteroatoms. The molecule has 0 aromatic heterocycles. The molecule has 18 heavy (non-hydrogen) atoms. The Balaban J connectivity index is 1.78. The number of hydrogen-bond donors (Lipinski definition) is 2. The predicted octanol–water partition coefficient (Wildman–Crippen LogP) is 3.09. The van der Waals surface area contributed by atoms with Crippen LogP contribution in [0.25, 0.3) is 0 Å². The summed E-state index contributed by atoms with van der Waals surface area (Å²) in [5.41, 5.74) is 0.651. The minimum Gasteiger partial charge on any atom is -0.347 e. The average molecular weight is 266 g/mol. The first kappa shape index (κ1) is 13.5. The fourth-order valence-electron chi connectivity index (χ4n) is 2.38. The van der Waals surface area contributed by atoms with Crippen molar-refractivity contribution < 1.29 is 0 Å². The molecular weight excluding hydrogens is 244 g/mol. The Bertz CT molecular complexity index is 364. The summed E-state index contributed by atoms with van der Waals surface area (Å²) in [4.78, 5) is 8.89. The van der Waals surface area contributed by atoms with Crippen molar-refractivity contribution in [1.29, 1.82) is 0 Å². The second kappa shape index (κ2) is 6.27. The van der Waals surface area contributed by atoms with Crippen LogP contribution in [-0.2, 0) is 0 Å². The summed E-state index contributed by atoms with van der Waals surface area (Å²) in [7, 11) is 0. The monoisotopic (exact) mass is 266 g/mol. The Morgan fingerprint density at radius 2 is 2.06 bits per heavy atom. The van der Waals surface area contributed by atoms with Crippen molar-refractivity contribution in [1.82, 2.24) is 9.62 Å². The van der Waals surface area contributed by atoms with Gasteiger partial charge in [0.1, 0.15) is 12.0 Å². The molecule has 0 saturated heterocycles. The highest BCUT2D eigenvalue weighted by molar-refractivity contribution is 7.78. The van der Waals surface area contributed by atoms with Crippen LogP contribution in [-0.4, -0.2) is 22.6 Å². The molecule has 4 nitrogen and oxygen atoms in total. The molecule has 100 valence electrons. The van der Waals surface area contributed by atoms with E-state index in [0.717, 1.165) is 12.1 Å². The summed E-state index contributed by atoms with van der Waals surface area (Å²) in [6.07, 6.45) is 14.2. The largest absolute Gasteiger partial charge is 0.347 e. The molecule has 0 aromatic rings. The molecule has 2 aliphatic heterocycles. The lowest BCUT2D eigenvalue weighted by atomic mass is 9.98. The van der Waals surface area contributed by atoms with Gasteiger partial charge in [0, 0.05) is 6.20 Å². The summed E-state index contributed by atoms with van der Waals surface area (Å²) in [6, 6.07) is 0. The van der Waals surface area contributed by atoms with Gasteiger partial charge in [-0.2, -0.15) is 0 Å². The first-order chi connectivity index (χ1) is 8.77. The predicted molar refractivity (Wildman–Crippen MR) is 79.8 cm³/mol. The average Bonchev–Trinajstić information content (AvgIpc) is 2.77. The van der Waals surface area contributed by atoms with Crippen molar-refractivity contribution >= 4 is 25.5 Å². The minimum atomic E-state index is -0.315. The van der Waals surface area contributed by atoms with E-state index in [2.05, 4.69) is 35.0 Å². The van der Waals surface area contributed by atoms with Crippen LogP contribution in [0.5, 0.6) is 0 Å². The van der Waals surface area contributed by atoms with E-state index in [0.29, 0.717) is 0 Å². The van der Waals surface area contributed by atoms with Crippen LogP contribution >= 0.6 is 12.8 Å². The number of nitrogens with one attached hydrogen (secondary N) is 1. The van der Waals surface area contributed by atoms with Gasteiger partial charge in [-0.15, -0.1) is 0 Å². The Kier molecular flexibility index (Phi) is 4.69. The maximum Gasteiger partial charge on any atom is 0.176 e. The Labute approximate surface area is 115 Å². The molecule has 2 rings (SSSR count). The van der Waals surface area contributed by atoms with Crippen LogP contribution in [0.2, 0.25) is 0 Å². The van der Waals surface area contributed by atoms with Crippen LogP contribution in [0, 0.1) is 0 Å². The van der Waals surface area contributed by atoms with E-state index in [1.54, 1.807) is 17.0 Å². The van der Waals surface area contributed by atoms with E-state index in [4.69, 9.17) is 0 Å². The smallest absolute Gasteiger partial charge is 0.176 e. The number of rotatable bonds is 7. The first-order valence-corrected chi connectivity index (χ1v) is 7.22. The molecule has 2 aliphatic rings. The quantitative estimate of drug-likeness (QED) is 0.549. The van der Waals surface area contributed by atoms with E-state index in [1.807, 2.05) is 6.20 Å². The number of hydrogen-bond acceptors (Lipinski definition) is 5. The summed E-state index contributed by atoms with van der Waals surface area (Å²) in [5.74, 6) is 0. The highest BCUT2D eigenvalue weighted by Gasteiger charge is 2.37. The second-order valence-corrected chi connectivity index (χ2v) is 5.38. The van der Waals surface area contributed by atoms with Crippen LogP contribution in [0.1, 0.15) is 51.9 Å². The number of unbranched alkanes of at least 4 members (excludes halogenated alkanes) is 5. The van der Waals surface area contributed by atoms with E-state index >= 15 is 0 Å². The van der Waals surface area contributed by atoms with Crippen LogP contribution in [0.4, 0.5) is 0 Å². The number of thiol groups is 1.